The number of carbonyl (C=O) groups is 1. The summed E-state index contributed by atoms with van der Waals surface area (Å²) >= 11 is 6.10. The summed E-state index contributed by atoms with van der Waals surface area (Å²) in [7, 11) is 1.55. The summed E-state index contributed by atoms with van der Waals surface area (Å²) in [6.45, 7) is 0.435. The lowest BCUT2D eigenvalue weighted by Crippen LogP contribution is -2.11. The van der Waals surface area contributed by atoms with E-state index in [0.29, 0.717) is 28.7 Å². The summed E-state index contributed by atoms with van der Waals surface area (Å²) in [5, 5.41) is 13.1. The minimum absolute atomic E-state index is 0.139. The number of hydrogen-bond acceptors (Lipinski definition) is 4. The quantitative estimate of drug-likeness (QED) is 0.750. The highest BCUT2D eigenvalue weighted by molar-refractivity contribution is 6.32. The van der Waals surface area contributed by atoms with E-state index in [-0.39, 0.29) is 5.69 Å². The summed E-state index contributed by atoms with van der Waals surface area (Å²) in [6, 6.07) is 8.89. The van der Waals surface area contributed by atoms with Crippen molar-refractivity contribution < 1.29 is 14.6 Å². The molecule has 0 fully saturated rings. The van der Waals surface area contributed by atoms with Crippen molar-refractivity contribution in [3.05, 3.63) is 59.0 Å². The molecule has 2 aromatic heterocycles. The number of methoxy groups -OCH3 is 1. The Morgan fingerprint density at radius 3 is 2.91 bits per heavy atom. The smallest absolute Gasteiger partial charge is 0.355 e. The van der Waals surface area contributed by atoms with Gasteiger partial charge < -0.3 is 15.2 Å². The molecular weight excluding hydrogens is 318 g/mol. The molecule has 0 aliphatic heterocycles. The van der Waals surface area contributed by atoms with Crippen LogP contribution in [0.5, 0.6) is 5.75 Å². The number of pyridine rings is 1. The molecule has 0 bridgehead atoms. The summed E-state index contributed by atoms with van der Waals surface area (Å²) in [5.74, 6) is -0.426. The van der Waals surface area contributed by atoms with Crippen molar-refractivity contribution in [2.75, 3.05) is 12.4 Å². The van der Waals surface area contributed by atoms with Gasteiger partial charge in [-0.2, -0.15) is 0 Å². The van der Waals surface area contributed by atoms with Gasteiger partial charge in [0, 0.05) is 18.9 Å². The molecule has 2 N–H and O–H groups in total. The van der Waals surface area contributed by atoms with Crippen molar-refractivity contribution in [2.24, 2.45) is 0 Å². The topological polar surface area (TPSA) is 75.9 Å². The Bertz CT molecular complexity index is 876. The summed E-state index contributed by atoms with van der Waals surface area (Å²) in [6.07, 6.45) is 3.18. The summed E-state index contributed by atoms with van der Waals surface area (Å²) in [4.78, 5) is 15.6. The van der Waals surface area contributed by atoms with E-state index in [1.807, 2.05) is 6.07 Å². The van der Waals surface area contributed by atoms with Crippen LogP contribution in [0, 0.1) is 0 Å². The third kappa shape index (κ3) is 2.93. The predicted molar refractivity (Wildman–Crippen MR) is 87.5 cm³/mol. The van der Waals surface area contributed by atoms with Gasteiger partial charge in [0.15, 0.2) is 5.69 Å². The van der Waals surface area contributed by atoms with Gasteiger partial charge in [-0.15, -0.1) is 0 Å². The molecule has 0 saturated heterocycles. The van der Waals surface area contributed by atoms with Crippen molar-refractivity contribution in [1.29, 1.82) is 0 Å². The number of nitrogens with one attached hydrogen (secondary N) is 1. The van der Waals surface area contributed by atoms with Crippen LogP contribution in [-0.2, 0) is 6.54 Å². The van der Waals surface area contributed by atoms with Gasteiger partial charge in [0.2, 0.25) is 0 Å². The first kappa shape index (κ1) is 15.2. The van der Waals surface area contributed by atoms with Crippen molar-refractivity contribution in [3.63, 3.8) is 0 Å². The van der Waals surface area contributed by atoms with Gasteiger partial charge in [-0.3, -0.25) is 4.40 Å². The minimum atomic E-state index is -1.02. The minimum Gasteiger partial charge on any atom is -0.495 e. The SMILES string of the molecule is COc1ccc(CNc2ccc3nccn3c2C(=O)O)cc1Cl. The van der Waals surface area contributed by atoms with Gasteiger partial charge in [-0.25, -0.2) is 9.78 Å². The highest BCUT2D eigenvalue weighted by Crippen LogP contribution is 2.26. The van der Waals surface area contributed by atoms with Gasteiger partial charge in [0.25, 0.3) is 0 Å². The van der Waals surface area contributed by atoms with Crippen molar-refractivity contribution in [2.45, 2.75) is 6.54 Å². The van der Waals surface area contributed by atoms with Gasteiger partial charge in [0.05, 0.1) is 17.8 Å². The van der Waals surface area contributed by atoms with E-state index in [1.54, 1.807) is 43.8 Å². The molecule has 6 nitrogen and oxygen atoms in total. The second kappa shape index (κ2) is 6.18. The molecule has 0 saturated carbocycles. The van der Waals surface area contributed by atoms with E-state index in [2.05, 4.69) is 10.3 Å². The predicted octanol–water partition coefficient (Wildman–Crippen LogP) is 3.31. The fourth-order valence-corrected chi connectivity index (χ4v) is 2.65. The van der Waals surface area contributed by atoms with E-state index in [1.165, 1.54) is 4.40 Å². The molecule has 2 heterocycles. The number of ether oxygens (including phenoxy) is 1. The van der Waals surface area contributed by atoms with Crippen LogP contribution in [0.25, 0.3) is 5.65 Å². The zero-order valence-corrected chi connectivity index (χ0v) is 13.0. The Kier molecular flexibility index (Phi) is 4.08. The van der Waals surface area contributed by atoms with Crippen LogP contribution in [0.1, 0.15) is 16.1 Å². The molecule has 0 atom stereocenters. The van der Waals surface area contributed by atoms with Gasteiger partial charge in [-0.05, 0) is 29.8 Å². The number of rotatable bonds is 5. The molecule has 0 aliphatic rings. The van der Waals surface area contributed by atoms with Gasteiger partial charge >= 0.3 is 5.97 Å². The first-order chi connectivity index (χ1) is 11.1. The number of carboxylic acid groups (broad SMARTS) is 1. The van der Waals surface area contributed by atoms with Crippen LogP contribution in [-0.4, -0.2) is 27.6 Å². The van der Waals surface area contributed by atoms with Gasteiger partial charge in [-0.1, -0.05) is 17.7 Å². The number of benzene rings is 1. The lowest BCUT2D eigenvalue weighted by atomic mass is 10.2. The van der Waals surface area contributed by atoms with Crippen LogP contribution in [0.2, 0.25) is 5.02 Å². The molecule has 0 amide bonds. The van der Waals surface area contributed by atoms with Crippen LogP contribution in [0.4, 0.5) is 5.69 Å². The second-order valence-corrected chi connectivity index (χ2v) is 5.29. The van der Waals surface area contributed by atoms with Crippen molar-refractivity contribution in [1.82, 2.24) is 9.38 Å². The zero-order chi connectivity index (χ0) is 16.4. The molecule has 7 heteroatoms. The number of anilines is 1. The molecule has 0 spiro atoms. The van der Waals surface area contributed by atoms with Crippen LogP contribution < -0.4 is 10.1 Å². The maximum atomic E-state index is 11.6. The molecule has 1 aromatic carbocycles. The standard InChI is InChI=1S/C16H14ClN3O3/c1-23-13-4-2-10(8-11(13)17)9-19-12-3-5-14-18-6-7-20(14)15(12)16(21)22/h2-8,19H,9H2,1H3,(H,21,22). The lowest BCUT2D eigenvalue weighted by Gasteiger charge is -2.12. The fraction of sp³-hybridized carbons (Fsp3) is 0.125. The van der Waals surface area contributed by atoms with E-state index in [4.69, 9.17) is 16.3 Å². The number of halogens is 1. The highest BCUT2D eigenvalue weighted by Gasteiger charge is 2.15. The molecule has 0 unspecified atom stereocenters. The number of carboxylic acids is 1. The summed E-state index contributed by atoms with van der Waals surface area (Å²) < 4.78 is 6.65. The van der Waals surface area contributed by atoms with E-state index >= 15 is 0 Å². The Hall–Kier alpha value is -2.73. The fourth-order valence-electron chi connectivity index (χ4n) is 2.37. The van der Waals surface area contributed by atoms with Crippen LogP contribution >= 0.6 is 11.6 Å². The second-order valence-electron chi connectivity index (χ2n) is 4.88. The molecule has 23 heavy (non-hydrogen) atoms. The van der Waals surface area contributed by atoms with E-state index < -0.39 is 5.97 Å². The Balaban J connectivity index is 1.88. The molecule has 0 aliphatic carbocycles. The number of hydrogen-bond donors (Lipinski definition) is 2. The maximum Gasteiger partial charge on any atom is 0.355 e. The third-order valence-electron chi connectivity index (χ3n) is 3.47. The molecular formula is C16H14ClN3O3. The van der Waals surface area contributed by atoms with Crippen molar-refractivity contribution >= 4 is 28.9 Å². The lowest BCUT2D eigenvalue weighted by molar-refractivity contribution is 0.0690. The number of aromatic nitrogens is 2. The number of aromatic carboxylic acids is 1. The number of nitrogens with zero attached hydrogens (tertiary/aromatic N) is 2. The van der Waals surface area contributed by atoms with Gasteiger partial charge in [0.1, 0.15) is 11.4 Å². The Morgan fingerprint density at radius 2 is 2.22 bits per heavy atom. The Labute approximate surface area is 137 Å². The average molecular weight is 332 g/mol. The average Bonchev–Trinajstić information content (AvgIpc) is 3.00. The molecule has 3 aromatic rings. The summed E-state index contributed by atoms with van der Waals surface area (Å²) in [5.41, 5.74) is 2.15. The zero-order valence-electron chi connectivity index (χ0n) is 12.3. The van der Waals surface area contributed by atoms with E-state index in [9.17, 15) is 9.90 Å². The van der Waals surface area contributed by atoms with Crippen molar-refractivity contribution in [3.8, 4) is 5.75 Å². The van der Waals surface area contributed by atoms with E-state index in [0.717, 1.165) is 5.56 Å². The monoisotopic (exact) mass is 331 g/mol. The Morgan fingerprint density at radius 1 is 1.39 bits per heavy atom. The molecule has 3 rings (SSSR count). The van der Waals surface area contributed by atoms with Crippen LogP contribution in [0.15, 0.2) is 42.7 Å². The number of imidazole rings is 1. The highest BCUT2D eigenvalue weighted by atomic mass is 35.5. The maximum absolute atomic E-state index is 11.6. The van der Waals surface area contributed by atoms with Crippen LogP contribution in [0.3, 0.4) is 0 Å². The molecule has 118 valence electrons. The first-order valence-electron chi connectivity index (χ1n) is 6.86. The molecule has 0 radical (unpaired) electrons. The third-order valence-corrected chi connectivity index (χ3v) is 3.76. The normalized spacial score (nSPS) is 10.7. The largest absolute Gasteiger partial charge is 0.495 e. The first-order valence-corrected chi connectivity index (χ1v) is 7.23. The number of fused-ring (bicyclic) bond motifs is 1.